The SMILES string of the molecule is CC[C@@H](NC(=O)c1ccc(C(C)C2CCN(C(=O)OC(C)(C)C)CC2)cc1)c1ccc(I)cc1. The molecule has 1 N–H and O–H groups in total. The zero-order valence-electron chi connectivity index (χ0n) is 20.9. The zero-order valence-corrected chi connectivity index (χ0v) is 23.1. The van der Waals surface area contributed by atoms with Crippen LogP contribution in [0.4, 0.5) is 4.79 Å². The Hall–Kier alpha value is -2.09. The lowest BCUT2D eigenvalue weighted by Gasteiger charge is -2.36. The van der Waals surface area contributed by atoms with Crippen LogP contribution < -0.4 is 5.32 Å². The van der Waals surface area contributed by atoms with Crippen LogP contribution in [0.15, 0.2) is 48.5 Å². The molecule has 34 heavy (non-hydrogen) atoms. The summed E-state index contributed by atoms with van der Waals surface area (Å²) in [7, 11) is 0. The van der Waals surface area contributed by atoms with Crippen LogP contribution in [0.2, 0.25) is 0 Å². The van der Waals surface area contributed by atoms with Gasteiger partial charge in [-0.25, -0.2) is 4.79 Å². The molecule has 184 valence electrons. The van der Waals surface area contributed by atoms with Gasteiger partial charge in [0.05, 0.1) is 6.04 Å². The maximum atomic E-state index is 12.9. The first kappa shape index (κ1) is 26.5. The fourth-order valence-electron chi connectivity index (χ4n) is 4.48. The molecule has 1 aliphatic heterocycles. The molecule has 2 amide bonds. The van der Waals surface area contributed by atoms with Crippen LogP contribution >= 0.6 is 22.6 Å². The minimum absolute atomic E-state index is 0.00161. The number of carbonyl (C=O) groups excluding carboxylic acids is 2. The van der Waals surface area contributed by atoms with Gasteiger partial charge in [-0.15, -0.1) is 0 Å². The first-order valence-electron chi connectivity index (χ1n) is 12.2. The van der Waals surface area contributed by atoms with E-state index in [1.54, 1.807) is 0 Å². The number of nitrogens with one attached hydrogen (secondary N) is 1. The van der Waals surface area contributed by atoms with Gasteiger partial charge in [-0.05, 0) is 110 Å². The summed E-state index contributed by atoms with van der Waals surface area (Å²) in [6.07, 6.45) is 2.53. The smallest absolute Gasteiger partial charge is 0.410 e. The lowest BCUT2D eigenvalue weighted by Crippen LogP contribution is -2.42. The second-order valence-corrected chi connectivity index (χ2v) is 11.4. The highest BCUT2D eigenvalue weighted by Gasteiger charge is 2.29. The molecule has 1 unspecified atom stereocenters. The predicted molar refractivity (Wildman–Crippen MR) is 145 cm³/mol. The Kier molecular flexibility index (Phi) is 9.01. The molecule has 0 bridgehead atoms. The third kappa shape index (κ3) is 7.20. The minimum Gasteiger partial charge on any atom is -0.444 e. The van der Waals surface area contributed by atoms with Crippen molar-refractivity contribution in [2.75, 3.05) is 13.1 Å². The van der Waals surface area contributed by atoms with Gasteiger partial charge in [0.25, 0.3) is 5.91 Å². The Morgan fingerprint density at radius 1 is 1.03 bits per heavy atom. The lowest BCUT2D eigenvalue weighted by molar-refractivity contribution is 0.0176. The first-order valence-corrected chi connectivity index (χ1v) is 13.3. The van der Waals surface area contributed by atoms with Crippen LogP contribution in [0.3, 0.4) is 0 Å². The van der Waals surface area contributed by atoms with Crippen molar-refractivity contribution in [3.8, 4) is 0 Å². The van der Waals surface area contributed by atoms with Gasteiger partial charge in [-0.1, -0.05) is 38.1 Å². The molecule has 2 atom stereocenters. The van der Waals surface area contributed by atoms with E-state index in [9.17, 15) is 9.59 Å². The Morgan fingerprint density at radius 2 is 1.59 bits per heavy atom. The second-order valence-electron chi connectivity index (χ2n) is 10.2. The molecule has 2 aromatic rings. The van der Waals surface area contributed by atoms with E-state index in [4.69, 9.17) is 4.74 Å². The Labute approximate surface area is 217 Å². The number of benzene rings is 2. The number of carbonyl (C=O) groups is 2. The molecule has 5 nitrogen and oxygen atoms in total. The summed E-state index contributed by atoms with van der Waals surface area (Å²) >= 11 is 2.29. The normalized spacial score (nSPS) is 16.6. The van der Waals surface area contributed by atoms with Crippen molar-refractivity contribution in [1.82, 2.24) is 10.2 Å². The van der Waals surface area contributed by atoms with Gasteiger partial charge in [0.2, 0.25) is 0 Å². The van der Waals surface area contributed by atoms with Crippen molar-refractivity contribution < 1.29 is 14.3 Å². The summed E-state index contributed by atoms with van der Waals surface area (Å²) in [5, 5.41) is 3.17. The number of rotatable bonds is 6. The van der Waals surface area contributed by atoms with Crippen molar-refractivity contribution in [2.24, 2.45) is 5.92 Å². The van der Waals surface area contributed by atoms with Crippen molar-refractivity contribution in [3.05, 3.63) is 68.8 Å². The van der Waals surface area contributed by atoms with Crippen LogP contribution in [0.1, 0.15) is 87.3 Å². The Bertz CT molecular complexity index is 959. The van der Waals surface area contributed by atoms with E-state index in [0.717, 1.165) is 37.9 Å². The van der Waals surface area contributed by atoms with E-state index in [0.29, 0.717) is 17.4 Å². The molecule has 0 aliphatic carbocycles. The van der Waals surface area contributed by atoms with E-state index in [2.05, 4.69) is 78.2 Å². The van der Waals surface area contributed by atoms with Crippen LogP contribution in [0, 0.1) is 9.49 Å². The molecule has 1 saturated heterocycles. The molecule has 6 heteroatoms. The molecular weight excluding hydrogens is 539 g/mol. The number of likely N-dealkylation sites (tertiary alicyclic amines) is 1. The number of amides is 2. The zero-order chi connectivity index (χ0) is 24.9. The van der Waals surface area contributed by atoms with Gasteiger partial charge in [0, 0.05) is 22.2 Å². The van der Waals surface area contributed by atoms with Crippen molar-refractivity contribution in [2.45, 2.75) is 71.4 Å². The Balaban J connectivity index is 1.56. The summed E-state index contributed by atoms with van der Waals surface area (Å²) < 4.78 is 6.69. The first-order chi connectivity index (χ1) is 16.1. The van der Waals surface area contributed by atoms with E-state index < -0.39 is 5.60 Å². The average Bonchev–Trinajstić information content (AvgIpc) is 2.81. The van der Waals surface area contributed by atoms with Gasteiger partial charge < -0.3 is 15.0 Å². The van der Waals surface area contributed by atoms with Crippen molar-refractivity contribution >= 4 is 34.6 Å². The molecule has 1 fully saturated rings. The number of hydrogen-bond acceptors (Lipinski definition) is 3. The molecule has 1 aliphatic rings. The third-order valence-corrected chi connectivity index (χ3v) is 7.30. The summed E-state index contributed by atoms with van der Waals surface area (Å²) in [6, 6.07) is 16.3. The fourth-order valence-corrected chi connectivity index (χ4v) is 4.84. The summed E-state index contributed by atoms with van der Waals surface area (Å²) in [6.45, 7) is 11.5. The molecule has 0 spiro atoms. The molecular formula is C28H37IN2O3. The Morgan fingerprint density at radius 3 is 2.12 bits per heavy atom. The lowest BCUT2D eigenvalue weighted by atomic mass is 9.81. The second kappa shape index (κ2) is 11.6. The van der Waals surface area contributed by atoms with Gasteiger partial charge in [0.15, 0.2) is 0 Å². The van der Waals surface area contributed by atoms with Gasteiger partial charge in [-0.3, -0.25) is 4.79 Å². The fraction of sp³-hybridized carbons (Fsp3) is 0.500. The highest BCUT2D eigenvalue weighted by atomic mass is 127. The number of hydrogen-bond donors (Lipinski definition) is 1. The van der Waals surface area contributed by atoms with Crippen LogP contribution in [-0.2, 0) is 4.74 Å². The van der Waals surface area contributed by atoms with Gasteiger partial charge >= 0.3 is 6.09 Å². The highest BCUT2D eigenvalue weighted by molar-refractivity contribution is 14.1. The number of ether oxygens (including phenoxy) is 1. The van der Waals surface area contributed by atoms with Crippen LogP contribution in [-0.4, -0.2) is 35.6 Å². The monoisotopic (exact) mass is 576 g/mol. The topological polar surface area (TPSA) is 58.6 Å². The highest BCUT2D eigenvalue weighted by Crippen LogP contribution is 2.33. The van der Waals surface area contributed by atoms with Gasteiger partial charge in [-0.2, -0.15) is 0 Å². The van der Waals surface area contributed by atoms with Crippen molar-refractivity contribution in [3.63, 3.8) is 0 Å². The van der Waals surface area contributed by atoms with E-state index in [1.807, 2.05) is 37.8 Å². The van der Waals surface area contributed by atoms with Gasteiger partial charge in [0.1, 0.15) is 5.60 Å². The number of halogens is 1. The van der Waals surface area contributed by atoms with Crippen molar-refractivity contribution in [1.29, 1.82) is 0 Å². The summed E-state index contributed by atoms with van der Waals surface area (Å²) in [5.41, 5.74) is 2.57. The molecule has 1 heterocycles. The third-order valence-electron chi connectivity index (χ3n) is 6.58. The number of nitrogens with zero attached hydrogens (tertiary/aromatic N) is 1. The summed E-state index contributed by atoms with van der Waals surface area (Å²) in [5.74, 6) is 0.826. The standard InChI is InChI=1S/C28H37IN2O3/c1-6-25(22-11-13-24(29)14-12-22)30-26(32)23-9-7-20(8-10-23)19(2)21-15-17-31(18-16-21)27(33)34-28(3,4)5/h7-14,19,21,25H,6,15-18H2,1-5H3,(H,30,32)/t19?,25-/m1/s1. The quantitative estimate of drug-likeness (QED) is 0.380. The predicted octanol–water partition coefficient (Wildman–Crippen LogP) is 6.92. The summed E-state index contributed by atoms with van der Waals surface area (Å²) in [4.78, 5) is 27.0. The molecule has 0 aromatic heterocycles. The molecule has 2 aromatic carbocycles. The maximum Gasteiger partial charge on any atom is 0.410 e. The largest absolute Gasteiger partial charge is 0.444 e. The van der Waals surface area contributed by atoms with E-state index in [-0.39, 0.29) is 18.0 Å². The molecule has 0 saturated carbocycles. The van der Waals surface area contributed by atoms with Crippen LogP contribution in [0.5, 0.6) is 0 Å². The minimum atomic E-state index is -0.466. The molecule has 3 rings (SSSR count). The average molecular weight is 577 g/mol. The maximum absolute atomic E-state index is 12.9. The van der Waals surface area contributed by atoms with E-state index in [1.165, 1.54) is 9.13 Å². The molecule has 0 radical (unpaired) electrons. The van der Waals surface area contributed by atoms with E-state index >= 15 is 0 Å². The number of piperidine rings is 1. The van der Waals surface area contributed by atoms with Crippen LogP contribution in [0.25, 0.3) is 0 Å².